The minimum atomic E-state index is -0.201. The third-order valence-electron chi connectivity index (χ3n) is 5.97. The topological polar surface area (TPSA) is 21.3 Å². The van der Waals surface area contributed by atoms with Gasteiger partial charge < -0.3 is 9.97 Å². The third kappa shape index (κ3) is 5.10. The molecule has 2 nitrogen and oxygen atoms in total. The van der Waals surface area contributed by atoms with Gasteiger partial charge in [-0.05, 0) is 55.5 Å². The van der Waals surface area contributed by atoms with E-state index in [1.807, 2.05) is 0 Å². The smallest absolute Gasteiger partial charge is 0.309 e. The first-order valence-electron chi connectivity index (χ1n) is 10.3. The molecule has 0 atom stereocenters. The van der Waals surface area contributed by atoms with Gasteiger partial charge in [-0.15, -0.1) is 0 Å². The van der Waals surface area contributed by atoms with E-state index in [-0.39, 0.29) is 11.0 Å². The van der Waals surface area contributed by atoms with Crippen molar-refractivity contribution in [1.82, 2.24) is 0 Å². The van der Waals surface area contributed by atoms with Crippen molar-refractivity contribution in [3.8, 4) is 11.1 Å². The van der Waals surface area contributed by atoms with Crippen LogP contribution in [0, 0.1) is 12.3 Å². The summed E-state index contributed by atoms with van der Waals surface area (Å²) in [6.07, 6.45) is 0. The Morgan fingerprint density at radius 3 is 2.10 bits per heavy atom. The van der Waals surface area contributed by atoms with E-state index in [1.54, 1.807) is 0 Å². The molecule has 0 saturated carbocycles. The normalized spacial score (nSPS) is 11.9. The van der Waals surface area contributed by atoms with Gasteiger partial charge in [-0.1, -0.05) is 80.8 Å². The first kappa shape index (κ1) is 21.2. The van der Waals surface area contributed by atoms with Crippen LogP contribution in [0.3, 0.4) is 0 Å². The maximum atomic E-state index is 6.27. The van der Waals surface area contributed by atoms with Crippen LogP contribution in [0.15, 0.2) is 72.8 Å². The zero-order chi connectivity index (χ0) is 21.1. The van der Waals surface area contributed by atoms with Crippen LogP contribution >= 0.6 is 0 Å². The lowest BCUT2D eigenvalue weighted by atomic mass is 9.76. The van der Waals surface area contributed by atoms with Crippen molar-refractivity contribution >= 4 is 24.3 Å². The summed E-state index contributed by atoms with van der Waals surface area (Å²) in [4.78, 5) is 0. The number of rotatable bonds is 6. The molecule has 0 aliphatic heterocycles. The number of anilines is 2. The Labute approximate surface area is 176 Å². The summed E-state index contributed by atoms with van der Waals surface area (Å²) in [5.74, 6) is 0. The molecule has 0 aliphatic rings. The number of benzene rings is 3. The van der Waals surface area contributed by atoms with Crippen LogP contribution in [0.25, 0.3) is 11.1 Å². The van der Waals surface area contributed by atoms with E-state index in [9.17, 15) is 0 Å². The second kappa shape index (κ2) is 8.46. The van der Waals surface area contributed by atoms with E-state index < -0.39 is 0 Å². The van der Waals surface area contributed by atoms with Gasteiger partial charge in [0.2, 0.25) is 0 Å². The predicted octanol–water partition coefficient (Wildman–Crippen LogP) is 6.22. The molecule has 0 aromatic heterocycles. The van der Waals surface area contributed by atoms with Crippen molar-refractivity contribution in [2.75, 3.05) is 5.32 Å². The van der Waals surface area contributed by atoms with Gasteiger partial charge in [0.1, 0.15) is 0 Å². The minimum Gasteiger partial charge on any atom is -0.429 e. The molecule has 0 radical (unpaired) electrons. The maximum absolute atomic E-state index is 6.27. The molecule has 0 amide bonds. The second-order valence-corrected chi connectivity index (χ2v) is 9.23. The van der Waals surface area contributed by atoms with Crippen LogP contribution in [0.4, 0.5) is 11.4 Å². The monoisotopic (exact) mass is 385 g/mol. The van der Waals surface area contributed by atoms with Crippen molar-refractivity contribution in [2.24, 2.45) is 5.41 Å². The number of aryl methyl sites for hydroxylation is 1. The van der Waals surface area contributed by atoms with Crippen LogP contribution in [0.1, 0.15) is 40.2 Å². The first-order valence-corrected chi connectivity index (χ1v) is 10.3. The molecule has 0 unspecified atom stereocenters. The first-order chi connectivity index (χ1) is 13.7. The lowest BCUT2D eigenvalue weighted by Gasteiger charge is -2.39. The average Bonchev–Trinajstić information content (AvgIpc) is 2.67. The average molecular weight is 385 g/mol. The van der Waals surface area contributed by atoms with E-state index in [1.165, 1.54) is 22.2 Å². The zero-order valence-corrected chi connectivity index (χ0v) is 18.5. The van der Waals surface area contributed by atoms with Gasteiger partial charge in [0, 0.05) is 16.9 Å². The fraction of sp³-hybridized carbons (Fsp3) is 0.308. The lowest BCUT2D eigenvalue weighted by molar-refractivity contribution is 0.00504. The SMILES string of the molecule is Cc1ccccc1-c1ccccc1Nc1cccc(BOC(C)(C)C(C)(C)C)c1. The van der Waals surface area contributed by atoms with E-state index in [4.69, 9.17) is 4.65 Å². The fourth-order valence-corrected chi connectivity index (χ4v) is 3.08. The molecule has 1 N–H and O–H groups in total. The van der Waals surface area contributed by atoms with E-state index in [0.717, 1.165) is 11.4 Å². The van der Waals surface area contributed by atoms with Crippen molar-refractivity contribution in [1.29, 1.82) is 0 Å². The Hall–Kier alpha value is -2.52. The van der Waals surface area contributed by atoms with E-state index >= 15 is 0 Å². The molecule has 3 aromatic rings. The van der Waals surface area contributed by atoms with Gasteiger partial charge in [-0.2, -0.15) is 0 Å². The molecule has 0 bridgehead atoms. The highest BCUT2D eigenvalue weighted by Crippen LogP contribution is 2.33. The lowest BCUT2D eigenvalue weighted by Crippen LogP contribution is -2.42. The number of para-hydroxylation sites is 1. The van der Waals surface area contributed by atoms with E-state index in [0.29, 0.717) is 7.48 Å². The molecule has 29 heavy (non-hydrogen) atoms. The maximum Gasteiger partial charge on any atom is 0.309 e. The highest BCUT2D eigenvalue weighted by molar-refractivity contribution is 6.47. The van der Waals surface area contributed by atoms with Crippen LogP contribution in [-0.4, -0.2) is 13.1 Å². The fourth-order valence-electron chi connectivity index (χ4n) is 3.08. The van der Waals surface area contributed by atoms with Gasteiger partial charge in [-0.3, -0.25) is 0 Å². The van der Waals surface area contributed by atoms with Crippen LogP contribution in [-0.2, 0) is 4.65 Å². The predicted molar refractivity (Wildman–Crippen MR) is 128 cm³/mol. The number of nitrogens with one attached hydrogen (secondary N) is 1. The molecular weight excluding hydrogens is 353 g/mol. The van der Waals surface area contributed by atoms with Gasteiger partial charge >= 0.3 is 7.48 Å². The number of hydrogen-bond acceptors (Lipinski definition) is 2. The van der Waals surface area contributed by atoms with Gasteiger partial charge in [0.15, 0.2) is 0 Å². The Balaban J connectivity index is 1.81. The highest BCUT2D eigenvalue weighted by atomic mass is 16.5. The standard InChI is InChI=1S/C26H32BNO/c1-19-12-7-8-15-22(19)23-16-9-10-17-24(23)28-21-14-11-13-20(18-21)27-29-26(5,6)25(2,3)4/h7-18,27-28H,1-6H3. The zero-order valence-electron chi connectivity index (χ0n) is 18.5. The molecule has 150 valence electrons. The highest BCUT2D eigenvalue weighted by Gasteiger charge is 2.33. The molecule has 0 aliphatic carbocycles. The third-order valence-corrected chi connectivity index (χ3v) is 5.97. The summed E-state index contributed by atoms with van der Waals surface area (Å²) >= 11 is 0. The number of hydrogen-bond donors (Lipinski definition) is 1. The summed E-state index contributed by atoms with van der Waals surface area (Å²) in [6, 6.07) is 25.5. The molecule has 3 heteroatoms. The van der Waals surface area contributed by atoms with Crippen LogP contribution < -0.4 is 10.8 Å². The molecule has 0 saturated heterocycles. The van der Waals surface area contributed by atoms with Gasteiger partial charge in [-0.25, -0.2) is 0 Å². The van der Waals surface area contributed by atoms with Crippen molar-refractivity contribution < 1.29 is 4.65 Å². The Morgan fingerprint density at radius 1 is 0.759 bits per heavy atom. The molecular formula is C26H32BNO. The Bertz CT molecular complexity index is 972. The van der Waals surface area contributed by atoms with Gasteiger partial charge in [0.05, 0.1) is 5.60 Å². The van der Waals surface area contributed by atoms with E-state index in [2.05, 4.69) is 120 Å². The van der Waals surface area contributed by atoms with Crippen LogP contribution in [0.2, 0.25) is 0 Å². The summed E-state index contributed by atoms with van der Waals surface area (Å²) in [5, 5.41) is 3.61. The Kier molecular flexibility index (Phi) is 6.19. The molecule has 3 aromatic carbocycles. The molecule has 0 heterocycles. The summed E-state index contributed by atoms with van der Waals surface area (Å²) in [7, 11) is 0.596. The summed E-state index contributed by atoms with van der Waals surface area (Å²) in [5.41, 5.74) is 6.95. The van der Waals surface area contributed by atoms with Crippen molar-refractivity contribution in [3.05, 3.63) is 78.4 Å². The molecule has 0 fully saturated rings. The Morgan fingerprint density at radius 2 is 1.41 bits per heavy atom. The quantitative estimate of drug-likeness (QED) is 0.509. The van der Waals surface area contributed by atoms with Crippen molar-refractivity contribution in [3.63, 3.8) is 0 Å². The minimum absolute atomic E-state index is 0.0787. The van der Waals surface area contributed by atoms with Crippen molar-refractivity contribution in [2.45, 2.75) is 47.1 Å². The second-order valence-electron chi connectivity index (χ2n) is 9.23. The van der Waals surface area contributed by atoms with Crippen LogP contribution in [0.5, 0.6) is 0 Å². The molecule has 0 spiro atoms. The summed E-state index contributed by atoms with van der Waals surface area (Å²) in [6.45, 7) is 13.1. The largest absolute Gasteiger partial charge is 0.429 e. The molecule has 3 rings (SSSR count). The van der Waals surface area contributed by atoms with Gasteiger partial charge in [0.25, 0.3) is 0 Å². The summed E-state index contributed by atoms with van der Waals surface area (Å²) < 4.78 is 6.27.